The van der Waals surface area contributed by atoms with Crippen LogP contribution >= 0.6 is 0 Å². The molecular weight excluding hydrogens is 527 g/mol. The average molecular weight is 563 g/mol. The summed E-state index contributed by atoms with van der Waals surface area (Å²) in [6.07, 6.45) is -3.13. The van der Waals surface area contributed by atoms with Crippen molar-refractivity contribution in [3.8, 4) is 16.9 Å². The zero-order valence-electron chi connectivity index (χ0n) is 23.9. The van der Waals surface area contributed by atoms with Gasteiger partial charge >= 0.3 is 6.18 Å². The monoisotopic (exact) mass is 562 g/mol. The Balaban J connectivity index is 1.99. The second-order valence-corrected chi connectivity index (χ2v) is 11.5. The second-order valence-electron chi connectivity index (χ2n) is 11.5. The van der Waals surface area contributed by atoms with Gasteiger partial charge in [0, 0.05) is 37.2 Å². The third kappa shape index (κ3) is 5.02. The van der Waals surface area contributed by atoms with E-state index in [-0.39, 0.29) is 30.0 Å². The molecule has 3 aromatic rings. The number of hydrogen-bond acceptors (Lipinski definition) is 3. The van der Waals surface area contributed by atoms with Crippen molar-refractivity contribution < 1.29 is 26.7 Å². The molecule has 1 aliphatic rings. The van der Waals surface area contributed by atoms with Crippen molar-refractivity contribution in [1.29, 1.82) is 0 Å². The Labute approximate surface area is 231 Å². The minimum Gasteiger partial charge on any atom is -0.324 e. The number of aryl methyl sites for hydroxylation is 2. The van der Waals surface area contributed by atoms with Crippen LogP contribution in [0.3, 0.4) is 0 Å². The van der Waals surface area contributed by atoms with E-state index in [9.17, 15) is 18.0 Å². The van der Waals surface area contributed by atoms with Gasteiger partial charge in [0.1, 0.15) is 11.6 Å². The summed E-state index contributed by atoms with van der Waals surface area (Å²) < 4.78 is 74.1. The zero-order chi connectivity index (χ0) is 29.8. The van der Waals surface area contributed by atoms with Crippen molar-refractivity contribution in [1.82, 2.24) is 14.7 Å². The van der Waals surface area contributed by atoms with Crippen molar-refractivity contribution in [3.05, 3.63) is 64.4 Å². The highest BCUT2D eigenvalue weighted by molar-refractivity contribution is 5.89. The second kappa shape index (κ2) is 10.3. The Bertz CT molecular complexity index is 1430. The quantitative estimate of drug-likeness (QED) is 0.303. The molecule has 0 fully saturated rings. The van der Waals surface area contributed by atoms with Crippen molar-refractivity contribution in [2.75, 3.05) is 11.9 Å². The Morgan fingerprint density at radius 1 is 1.05 bits per heavy atom. The predicted octanol–water partition coefficient (Wildman–Crippen LogP) is 7.54. The van der Waals surface area contributed by atoms with Gasteiger partial charge in [-0.3, -0.25) is 9.69 Å². The van der Waals surface area contributed by atoms with E-state index in [0.29, 0.717) is 24.1 Å². The van der Waals surface area contributed by atoms with Crippen LogP contribution in [0.1, 0.15) is 70.9 Å². The van der Waals surface area contributed by atoms with Gasteiger partial charge in [0.2, 0.25) is 5.91 Å². The van der Waals surface area contributed by atoms with Crippen LogP contribution < -0.4 is 5.32 Å². The van der Waals surface area contributed by atoms with Crippen molar-refractivity contribution >= 4 is 11.6 Å². The van der Waals surface area contributed by atoms with Gasteiger partial charge < -0.3 is 5.32 Å². The normalized spacial score (nSPS) is 15.4. The molecule has 0 saturated carbocycles. The SMILES string of the molecule is CCc1cccc(CC)c1-n1nc2c(c1-c1cc(F)c(NC(C)=O)cc1F)CN(CC(C)(C)C(F)(F)F)C2(C)C. The molecule has 4 rings (SSSR count). The molecule has 10 heteroatoms. The molecule has 216 valence electrons. The van der Waals surface area contributed by atoms with Gasteiger partial charge in [-0.15, -0.1) is 0 Å². The smallest absolute Gasteiger partial charge is 0.324 e. The number of para-hydroxylation sites is 1. The van der Waals surface area contributed by atoms with E-state index >= 15 is 8.78 Å². The highest BCUT2D eigenvalue weighted by Gasteiger charge is 2.52. The van der Waals surface area contributed by atoms with E-state index < -0.39 is 34.7 Å². The van der Waals surface area contributed by atoms with Gasteiger partial charge in [-0.1, -0.05) is 32.0 Å². The van der Waals surface area contributed by atoms with Gasteiger partial charge in [-0.25, -0.2) is 13.5 Å². The van der Waals surface area contributed by atoms with Gasteiger partial charge in [0.25, 0.3) is 0 Å². The van der Waals surface area contributed by atoms with Crippen LogP contribution in [0.2, 0.25) is 0 Å². The summed E-state index contributed by atoms with van der Waals surface area (Å²) in [6, 6.07) is 7.78. The lowest BCUT2D eigenvalue weighted by atomic mass is 9.90. The molecule has 0 spiro atoms. The molecule has 0 bridgehead atoms. The molecule has 0 atom stereocenters. The van der Waals surface area contributed by atoms with Crippen molar-refractivity contribution in [2.24, 2.45) is 5.41 Å². The van der Waals surface area contributed by atoms with Crippen molar-refractivity contribution in [2.45, 2.75) is 79.6 Å². The van der Waals surface area contributed by atoms with Crippen molar-refractivity contribution in [3.63, 3.8) is 0 Å². The number of hydrogen-bond donors (Lipinski definition) is 1. The number of carbonyl (C=O) groups is 1. The molecule has 0 saturated heterocycles. The largest absolute Gasteiger partial charge is 0.395 e. The van der Waals surface area contributed by atoms with Crippen LogP contribution in [-0.4, -0.2) is 33.3 Å². The molecule has 0 aliphatic carbocycles. The number of nitrogens with one attached hydrogen (secondary N) is 1. The summed E-state index contributed by atoms with van der Waals surface area (Å²) in [6.45, 7) is 10.9. The number of alkyl halides is 3. The number of carbonyl (C=O) groups excluding carboxylic acids is 1. The summed E-state index contributed by atoms with van der Waals surface area (Å²) >= 11 is 0. The molecule has 2 heterocycles. The summed E-state index contributed by atoms with van der Waals surface area (Å²) in [4.78, 5) is 13.2. The molecule has 0 unspecified atom stereocenters. The van der Waals surface area contributed by atoms with Crippen LogP contribution in [0.4, 0.5) is 27.6 Å². The lowest BCUT2D eigenvalue weighted by Crippen LogP contribution is -2.47. The standard InChI is InChI=1S/C30H35F5N4O/c1-8-18-11-10-12-19(9-2)25(18)39-26(20-13-23(32)24(14-22(20)31)36-17(3)40)21-15-38(29(6,7)27(21)37-39)16-28(4,5)30(33,34)35/h10-14H,8-9,15-16H2,1-7H3,(H,36,40). The summed E-state index contributed by atoms with van der Waals surface area (Å²) in [5.74, 6) is -2.17. The number of aromatic nitrogens is 2. The van der Waals surface area contributed by atoms with Crippen LogP contribution in [0.15, 0.2) is 30.3 Å². The maximum Gasteiger partial charge on any atom is 0.395 e. The van der Waals surface area contributed by atoms with Gasteiger partial charge in [-0.2, -0.15) is 18.3 Å². The fourth-order valence-corrected chi connectivity index (χ4v) is 5.39. The maximum atomic E-state index is 15.8. The minimum atomic E-state index is -4.43. The molecule has 1 aromatic heterocycles. The van der Waals surface area contributed by atoms with E-state index in [1.165, 1.54) is 6.92 Å². The molecule has 2 aromatic carbocycles. The molecule has 0 radical (unpaired) electrons. The Morgan fingerprint density at radius 3 is 2.17 bits per heavy atom. The Hall–Kier alpha value is -3.27. The number of anilines is 1. The van der Waals surface area contributed by atoms with Gasteiger partial charge in [0.15, 0.2) is 0 Å². The first-order chi connectivity index (χ1) is 18.5. The number of halogens is 5. The number of nitrogens with zero attached hydrogens (tertiary/aromatic N) is 3. The third-order valence-electron chi connectivity index (χ3n) is 7.86. The molecule has 40 heavy (non-hydrogen) atoms. The average Bonchev–Trinajstić information content (AvgIpc) is 3.33. The van der Waals surface area contributed by atoms with E-state index in [2.05, 4.69) is 5.32 Å². The predicted molar refractivity (Wildman–Crippen MR) is 145 cm³/mol. The van der Waals surface area contributed by atoms with E-state index in [4.69, 9.17) is 5.10 Å². The first kappa shape index (κ1) is 29.7. The lowest BCUT2D eigenvalue weighted by molar-refractivity contribution is -0.220. The highest BCUT2D eigenvalue weighted by atomic mass is 19.4. The number of fused-ring (bicyclic) bond motifs is 1. The van der Waals surface area contributed by atoms with E-state index in [1.54, 1.807) is 23.4 Å². The Morgan fingerprint density at radius 2 is 1.65 bits per heavy atom. The first-order valence-electron chi connectivity index (χ1n) is 13.4. The summed E-state index contributed by atoms with van der Waals surface area (Å²) in [5, 5.41) is 7.22. The maximum absolute atomic E-state index is 15.8. The van der Waals surface area contributed by atoms with Gasteiger partial charge in [0.05, 0.1) is 33.7 Å². The lowest BCUT2D eigenvalue weighted by Gasteiger charge is -2.39. The van der Waals surface area contributed by atoms with Crippen LogP contribution in [0.5, 0.6) is 0 Å². The zero-order valence-corrected chi connectivity index (χ0v) is 23.9. The number of amides is 1. The third-order valence-corrected chi connectivity index (χ3v) is 7.86. The molecule has 1 N–H and O–H groups in total. The van der Waals surface area contributed by atoms with E-state index in [1.807, 2.05) is 32.0 Å². The molecule has 1 amide bonds. The molecule has 1 aliphatic heterocycles. The number of benzene rings is 2. The van der Waals surface area contributed by atoms with Crippen LogP contribution in [0.25, 0.3) is 16.9 Å². The molecule has 5 nitrogen and oxygen atoms in total. The fourth-order valence-electron chi connectivity index (χ4n) is 5.39. The van der Waals surface area contributed by atoms with Crippen LogP contribution in [-0.2, 0) is 29.7 Å². The summed E-state index contributed by atoms with van der Waals surface area (Å²) in [7, 11) is 0. The number of rotatable bonds is 7. The van der Waals surface area contributed by atoms with Crippen LogP contribution in [0, 0.1) is 17.0 Å². The Kier molecular flexibility index (Phi) is 7.64. The fraction of sp³-hybridized carbons (Fsp3) is 0.467. The minimum absolute atomic E-state index is 0.0709. The van der Waals surface area contributed by atoms with E-state index in [0.717, 1.165) is 42.8 Å². The summed E-state index contributed by atoms with van der Waals surface area (Å²) in [5.41, 5.74) is 0.686. The van der Waals surface area contributed by atoms with Gasteiger partial charge in [-0.05, 0) is 57.7 Å². The highest BCUT2D eigenvalue weighted by Crippen LogP contribution is 2.48. The molecular formula is C30H35F5N4O. The first-order valence-corrected chi connectivity index (χ1v) is 13.4. The topological polar surface area (TPSA) is 50.2 Å².